The molecule has 27 heavy (non-hydrogen) atoms. The van der Waals surface area contributed by atoms with Crippen molar-refractivity contribution in [3.63, 3.8) is 0 Å². The van der Waals surface area contributed by atoms with Crippen LogP contribution in [0.25, 0.3) is 0 Å². The lowest BCUT2D eigenvalue weighted by Crippen LogP contribution is -2.31. The lowest BCUT2D eigenvalue weighted by atomic mass is 10.2. The van der Waals surface area contributed by atoms with Crippen LogP contribution in [0.15, 0.2) is 12.3 Å². The van der Waals surface area contributed by atoms with Crippen LogP contribution in [-0.4, -0.2) is 56.4 Å². The summed E-state index contributed by atoms with van der Waals surface area (Å²) >= 11 is 0. The molecule has 0 bridgehead atoms. The Labute approximate surface area is 163 Å². The predicted octanol–water partition coefficient (Wildman–Crippen LogP) is 3.79. The van der Waals surface area contributed by atoms with Gasteiger partial charge in [0, 0.05) is 25.7 Å². The van der Waals surface area contributed by atoms with Gasteiger partial charge >= 0.3 is 5.97 Å². The van der Waals surface area contributed by atoms with Crippen molar-refractivity contribution >= 4 is 20.6 Å². The highest BCUT2D eigenvalue weighted by molar-refractivity contribution is 7.61. The fourth-order valence-electron chi connectivity index (χ4n) is 2.87. The first-order valence-electron chi connectivity index (χ1n) is 9.66. The van der Waals surface area contributed by atoms with E-state index in [-0.39, 0.29) is 24.2 Å². The molecule has 2 rings (SSSR count). The zero-order chi connectivity index (χ0) is 20.7. The number of hydrogen-bond donors (Lipinski definition) is 2. The molecule has 0 aliphatic carbocycles. The largest absolute Gasteiger partial charge is 0.494 e. The van der Waals surface area contributed by atoms with Gasteiger partial charge in [-0.05, 0) is 33.1 Å². The topological polar surface area (TPSA) is 93.7 Å². The molecule has 2 unspecified atom stereocenters. The van der Waals surface area contributed by atoms with E-state index in [1.54, 1.807) is 13.3 Å². The summed E-state index contributed by atoms with van der Waals surface area (Å²) in [6.45, 7) is 13.7. The normalized spacial score (nSPS) is 32.7. The summed E-state index contributed by atoms with van der Waals surface area (Å²) in [5.41, 5.74) is 0. The van der Waals surface area contributed by atoms with Crippen molar-refractivity contribution in [1.29, 1.82) is 0 Å². The maximum Gasteiger partial charge on any atom is 0.323 e. The number of unbranched alkanes of at least 4 members (excludes halogenated alkanes) is 1. The molecule has 7 nitrogen and oxygen atoms in total. The molecule has 2 N–H and O–H groups in total. The Kier molecular flexibility index (Phi) is 9.77. The maximum absolute atomic E-state index is 11.6. The first kappa shape index (κ1) is 24.4. The van der Waals surface area contributed by atoms with Crippen molar-refractivity contribution in [1.82, 2.24) is 10.2 Å². The third-order valence-electron chi connectivity index (χ3n) is 4.35. The van der Waals surface area contributed by atoms with Crippen molar-refractivity contribution in [2.24, 2.45) is 0 Å². The fourth-order valence-corrected chi connectivity index (χ4v) is 6.46. The Morgan fingerprint density at radius 2 is 1.63 bits per heavy atom. The molecule has 2 heterocycles. The third-order valence-corrected chi connectivity index (χ3v) is 8.29. The minimum atomic E-state index is -2.24. The van der Waals surface area contributed by atoms with Crippen molar-refractivity contribution < 1.29 is 23.4 Å². The second-order valence-electron chi connectivity index (χ2n) is 7.74. The van der Waals surface area contributed by atoms with E-state index in [1.165, 1.54) is 0 Å². The van der Waals surface area contributed by atoms with Crippen LogP contribution in [0.5, 0.6) is 0 Å². The monoisotopic (exact) mass is 422 g/mol. The second-order valence-corrected chi connectivity index (χ2v) is 13.6. The van der Waals surface area contributed by atoms with Crippen LogP contribution in [-0.2, 0) is 23.4 Å². The standard InChI is InChI=1S/C9H18NO3P.C9H18NO2P/c1-3-4-6-13-9(11)8-5-7-14(2,12)10-8;1-7(2)12-8(3)9-5-6-13(4,11)10-9/h8H,3-7H2,1-2H3,(H,10,12);7,9H,3,5-6H2,1-2,4H3,(H,10,11)/t8-,14?;9-,13?/m00/s1. The van der Waals surface area contributed by atoms with Crippen LogP contribution >= 0.6 is 14.6 Å². The zero-order valence-corrected chi connectivity index (χ0v) is 19.1. The molecule has 0 amide bonds. The number of hydrogen-bond acceptors (Lipinski definition) is 5. The molecule has 158 valence electrons. The molecule has 4 atom stereocenters. The first-order chi connectivity index (χ1) is 12.5. The highest BCUT2D eigenvalue weighted by Gasteiger charge is 2.34. The van der Waals surface area contributed by atoms with E-state index in [0.717, 1.165) is 31.2 Å². The van der Waals surface area contributed by atoms with Gasteiger partial charge in [0.05, 0.1) is 18.8 Å². The minimum absolute atomic E-state index is 0.0817. The summed E-state index contributed by atoms with van der Waals surface area (Å²) in [5, 5.41) is 5.90. The number of nitrogens with one attached hydrogen (secondary N) is 2. The summed E-state index contributed by atoms with van der Waals surface area (Å²) < 4.78 is 33.6. The quantitative estimate of drug-likeness (QED) is 0.279. The van der Waals surface area contributed by atoms with Crippen molar-refractivity contribution in [3.05, 3.63) is 12.3 Å². The van der Waals surface area contributed by atoms with Gasteiger partial charge in [-0.1, -0.05) is 19.9 Å². The first-order valence-corrected chi connectivity index (χ1v) is 14.3. The number of esters is 1. The number of ether oxygens (including phenoxy) is 2. The van der Waals surface area contributed by atoms with Crippen molar-refractivity contribution in [3.8, 4) is 0 Å². The Morgan fingerprint density at radius 1 is 1.11 bits per heavy atom. The van der Waals surface area contributed by atoms with Gasteiger partial charge in [-0.15, -0.1) is 0 Å². The molecule has 0 saturated carbocycles. The molecule has 0 aromatic carbocycles. The average molecular weight is 422 g/mol. The predicted molar refractivity (Wildman–Crippen MR) is 111 cm³/mol. The van der Waals surface area contributed by atoms with E-state index in [1.807, 2.05) is 20.8 Å². The summed E-state index contributed by atoms with van der Waals surface area (Å²) in [6, 6.07) is -0.263. The van der Waals surface area contributed by atoms with Crippen LogP contribution in [0.2, 0.25) is 0 Å². The lowest BCUT2D eigenvalue weighted by molar-refractivity contribution is -0.145. The van der Waals surface area contributed by atoms with E-state index in [9.17, 15) is 13.9 Å². The molecule has 0 spiro atoms. The molecule has 2 aliphatic heterocycles. The van der Waals surface area contributed by atoms with Gasteiger partial charge < -0.3 is 18.6 Å². The van der Waals surface area contributed by atoms with Crippen LogP contribution in [0, 0.1) is 0 Å². The van der Waals surface area contributed by atoms with Gasteiger partial charge in [-0.3, -0.25) is 15.0 Å². The lowest BCUT2D eigenvalue weighted by Gasteiger charge is -2.18. The van der Waals surface area contributed by atoms with Crippen LogP contribution in [0.4, 0.5) is 0 Å². The summed E-state index contributed by atoms with van der Waals surface area (Å²) in [6.07, 6.45) is 4.91. The van der Waals surface area contributed by atoms with E-state index in [2.05, 4.69) is 16.8 Å². The van der Waals surface area contributed by atoms with E-state index in [4.69, 9.17) is 9.47 Å². The van der Waals surface area contributed by atoms with Gasteiger partial charge in [0.2, 0.25) is 0 Å². The molecule has 0 radical (unpaired) electrons. The van der Waals surface area contributed by atoms with Gasteiger partial charge in [0.25, 0.3) is 0 Å². The molecule has 2 aliphatic rings. The maximum atomic E-state index is 11.6. The molecule has 0 aromatic heterocycles. The molecule has 2 fully saturated rings. The van der Waals surface area contributed by atoms with E-state index >= 15 is 0 Å². The van der Waals surface area contributed by atoms with Crippen molar-refractivity contribution in [2.75, 3.05) is 32.3 Å². The van der Waals surface area contributed by atoms with Gasteiger partial charge in [0.15, 0.2) is 0 Å². The molecule has 0 aromatic rings. The minimum Gasteiger partial charge on any atom is -0.494 e. The van der Waals surface area contributed by atoms with Crippen LogP contribution in [0.3, 0.4) is 0 Å². The van der Waals surface area contributed by atoms with Gasteiger partial charge in [-0.25, -0.2) is 0 Å². The SMILES string of the molecule is C=C(OC(C)C)[C@@H]1CCP(C)(=O)N1.CCCCOC(=O)[C@@H]1CCP(C)(=O)N1. The highest BCUT2D eigenvalue weighted by atomic mass is 31.2. The molecule has 9 heteroatoms. The fraction of sp³-hybridized carbons (Fsp3) is 0.833. The molecular formula is C18H36N2O5P2. The van der Waals surface area contributed by atoms with E-state index in [0.29, 0.717) is 19.2 Å². The Hall–Kier alpha value is -0.610. The van der Waals surface area contributed by atoms with Crippen LogP contribution < -0.4 is 10.2 Å². The van der Waals surface area contributed by atoms with Crippen molar-refractivity contribution in [2.45, 2.75) is 64.6 Å². The number of carbonyl (C=O) groups excluding carboxylic acids is 1. The highest BCUT2D eigenvalue weighted by Crippen LogP contribution is 2.45. The zero-order valence-electron chi connectivity index (χ0n) is 17.3. The third kappa shape index (κ3) is 9.43. The van der Waals surface area contributed by atoms with Crippen LogP contribution in [0.1, 0.15) is 46.5 Å². The average Bonchev–Trinajstić information content (AvgIpc) is 3.09. The molecule has 2 saturated heterocycles. The second kappa shape index (κ2) is 10.8. The summed E-state index contributed by atoms with van der Waals surface area (Å²) in [4.78, 5) is 11.4. The molecular weight excluding hydrogens is 386 g/mol. The number of rotatable bonds is 7. The summed E-state index contributed by atoms with van der Waals surface area (Å²) in [5.74, 6) is 0.465. The number of carbonyl (C=O) groups is 1. The smallest absolute Gasteiger partial charge is 0.323 e. The Balaban J connectivity index is 0.000000271. The van der Waals surface area contributed by atoms with Gasteiger partial charge in [-0.2, -0.15) is 0 Å². The van der Waals surface area contributed by atoms with E-state index < -0.39 is 14.6 Å². The Bertz CT molecular complexity index is 609. The van der Waals surface area contributed by atoms with Gasteiger partial charge in [0.1, 0.15) is 26.4 Å². The Morgan fingerprint density at radius 3 is 2.04 bits per heavy atom. The summed E-state index contributed by atoms with van der Waals surface area (Å²) in [7, 11) is -4.33.